The molecule has 2 aromatic carbocycles. The minimum atomic E-state index is -0.251. The maximum Gasteiger partial charge on any atom is 0.259 e. The zero-order valence-electron chi connectivity index (χ0n) is 18.2. The second-order valence-corrected chi connectivity index (χ2v) is 8.11. The van der Waals surface area contributed by atoms with Crippen molar-refractivity contribution < 1.29 is 19.0 Å². The Labute approximate surface area is 173 Å². The van der Waals surface area contributed by atoms with Gasteiger partial charge in [-0.2, -0.15) is 0 Å². The van der Waals surface area contributed by atoms with Crippen LogP contribution in [0.15, 0.2) is 42.5 Å². The van der Waals surface area contributed by atoms with Gasteiger partial charge in [0.05, 0.1) is 11.3 Å². The molecule has 29 heavy (non-hydrogen) atoms. The largest absolute Gasteiger partial charge is 0.491 e. The molecular weight excluding hydrogens is 368 g/mol. The van der Waals surface area contributed by atoms with Crippen molar-refractivity contribution in [2.45, 2.75) is 26.2 Å². The molecule has 0 aliphatic heterocycles. The fourth-order valence-corrected chi connectivity index (χ4v) is 2.65. The van der Waals surface area contributed by atoms with Gasteiger partial charge in [-0.15, -0.1) is 0 Å². The van der Waals surface area contributed by atoms with E-state index < -0.39 is 0 Å². The van der Waals surface area contributed by atoms with Gasteiger partial charge in [0.25, 0.3) is 5.91 Å². The van der Waals surface area contributed by atoms with Gasteiger partial charge >= 0.3 is 0 Å². The van der Waals surface area contributed by atoms with Gasteiger partial charge in [0.1, 0.15) is 18.1 Å². The standard InChI is InChI=1S/C23H32N2O4/c1-23(2,3)17-11-12-21(29-16-27-6)19(15-17)24-22(26)18-9-7-8-10-20(18)28-14-13-25(4)5/h7-12,15H,13-14,16H2,1-6H3,(H,24,26). The molecule has 0 bridgehead atoms. The molecule has 0 fully saturated rings. The topological polar surface area (TPSA) is 60.0 Å². The second kappa shape index (κ2) is 10.3. The van der Waals surface area contributed by atoms with Gasteiger partial charge in [-0.25, -0.2) is 0 Å². The van der Waals surface area contributed by atoms with E-state index in [1.807, 2.05) is 49.3 Å². The first-order valence-electron chi connectivity index (χ1n) is 9.66. The summed E-state index contributed by atoms with van der Waals surface area (Å²) in [7, 11) is 5.51. The lowest BCUT2D eigenvalue weighted by Crippen LogP contribution is -2.21. The number of methoxy groups -OCH3 is 1. The highest BCUT2D eigenvalue weighted by molar-refractivity contribution is 6.06. The van der Waals surface area contributed by atoms with E-state index >= 15 is 0 Å². The Kier molecular flexibility index (Phi) is 8.05. The minimum absolute atomic E-state index is 0.0630. The smallest absolute Gasteiger partial charge is 0.259 e. The fraction of sp³-hybridized carbons (Fsp3) is 0.435. The van der Waals surface area contributed by atoms with Crippen LogP contribution in [0, 0.1) is 0 Å². The zero-order chi connectivity index (χ0) is 21.4. The van der Waals surface area contributed by atoms with Crippen LogP contribution < -0.4 is 14.8 Å². The average molecular weight is 401 g/mol. The van der Waals surface area contributed by atoms with Crippen molar-refractivity contribution >= 4 is 11.6 Å². The van der Waals surface area contributed by atoms with E-state index in [0.717, 1.165) is 12.1 Å². The van der Waals surface area contributed by atoms with Crippen molar-refractivity contribution in [1.82, 2.24) is 4.90 Å². The SMILES string of the molecule is COCOc1ccc(C(C)(C)C)cc1NC(=O)c1ccccc1OCCN(C)C. The number of hydrogen-bond donors (Lipinski definition) is 1. The monoisotopic (exact) mass is 400 g/mol. The third-order valence-corrected chi connectivity index (χ3v) is 4.35. The van der Waals surface area contributed by atoms with Crippen LogP contribution in [0.1, 0.15) is 36.7 Å². The summed E-state index contributed by atoms with van der Waals surface area (Å²) < 4.78 is 16.5. The Morgan fingerprint density at radius 2 is 1.76 bits per heavy atom. The van der Waals surface area contributed by atoms with Crippen LogP contribution in [0.3, 0.4) is 0 Å². The molecule has 0 saturated carbocycles. The van der Waals surface area contributed by atoms with Crippen LogP contribution in [0.5, 0.6) is 11.5 Å². The number of hydrogen-bond acceptors (Lipinski definition) is 5. The van der Waals surface area contributed by atoms with E-state index in [2.05, 4.69) is 26.1 Å². The van der Waals surface area contributed by atoms with Gasteiger partial charge in [-0.05, 0) is 49.3 Å². The summed E-state index contributed by atoms with van der Waals surface area (Å²) in [6.07, 6.45) is 0. The lowest BCUT2D eigenvalue weighted by Gasteiger charge is -2.22. The third kappa shape index (κ3) is 6.76. The lowest BCUT2D eigenvalue weighted by atomic mass is 9.87. The molecule has 0 aliphatic rings. The van der Waals surface area contributed by atoms with Crippen LogP contribution in [0.25, 0.3) is 0 Å². The summed E-state index contributed by atoms with van der Waals surface area (Å²) in [4.78, 5) is 15.1. The van der Waals surface area contributed by atoms with E-state index in [1.54, 1.807) is 19.2 Å². The molecule has 6 nitrogen and oxygen atoms in total. The molecule has 0 spiro atoms. The molecule has 1 amide bonds. The van der Waals surface area contributed by atoms with Crippen molar-refractivity contribution in [1.29, 1.82) is 0 Å². The molecule has 2 aromatic rings. The number of amides is 1. The van der Waals surface area contributed by atoms with Gasteiger partial charge in [0, 0.05) is 13.7 Å². The predicted molar refractivity (Wildman–Crippen MR) is 116 cm³/mol. The maximum atomic E-state index is 13.0. The van der Waals surface area contributed by atoms with Gasteiger partial charge < -0.3 is 24.4 Å². The highest BCUT2D eigenvalue weighted by Crippen LogP contribution is 2.32. The fourth-order valence-electron chi connectivity index (χ4n) is 2.65. The lowest BCUT2D eigenvalue weighted by molar-refractivity contribution is 0.0515. The van der Waals surface area contributed by atoms with Crippen LogP contribution in [-0.4, -0.2) is 52.0 Å². The maximum absolute atomic E-state index is 13.0. The van der Waals surface area contributed by atoms with Crippen LogP contribution in [-0.2, 0) is 10.2 Å². The van der Waals surface area contributed by atoms with E-state index in [-0.39, 0.29) is 18.1 Å². The van der Waals surface area contributed by atoms with Gasteiger partial charge in [0.15, 0.2) is 6.79 Å². The Bertz CT molecular complexity index is 813. The number of benzene rings is 2. The summed E-state index contributed by atoms with van der Waals surface area (Å²) in [6, 6.07) is 13.0. The predicted octanol–water partition coefficient (Wildman–Crippen LogP) is 4.16. The van der Waals surface area contributed by atoms with E-state index in [4.69, 9.17) is 14.2 Å². The molecule has 0 heterocycles. The van der Waals surface area contributed by atoms with Crippen molar-refractivity contribution in [3.05, 3.63) is 53.6 Å². The average Bonchev–Trinajstić information content (AvgIpc) is 2.66. The number of likely N-dealkylation sites (N-methyl/N-ethyl adjacent to an activating group) is 1. The van der Waals surface area contributed by atoms with Gasteiger partial charge in [-0.3, -0.25) is 4.79 Å². The third-order valence-electron chi connectivity index (χ3n) is 4.35. The number of carbonyl (C=O) groups is 1. The molecule has 0 atom stereocenters. The van der Waals surface area contributed by atoms with Crippen LogP contribution in [0.2, 0.25) is 0 Å². The normalized spacial score (nSPS) is 11.4. The molecule has 0 unspecified atom stereocenters. The molecule has 0 radical (unpaired) electrons. The Balaban J connectivity index is 2.27. The molecule has 0 aliphatic carbocycles. The van der Waals surface area contributed by atoms with E-state index in [9.17, 15) is 4.79 Å². The number of nitrogens with zero attached hydrogens (tertiary/aromatic N) is 1. The number of ether oxygens (including phenoxy) is 3. The van der Waals surface area contributed by atoms with Crippen molar-refractivity contribution in [2.75, 3.05) is 46.5 Å². The molecule has 1 N–H and O–H groups in total. The minimum Gasteiger partial charge on any atom is -0.491 e. The first kappa shape index (κ1) is 22.7. The first-order valence-corrected chi connectivity index (χ1v) is 9.66. The summed E-state index contributed by atoms with van der Waals surface area (Å²) in [6.45, 7) is 7.73. The quantitative estimate of drug-likeness (QED) is 0.641. The van der Waals surface area contributed by atoms with Crippen LogP contribution in [0.4, 0.5) is 5.69 Å². The number of para-hydroxylation sites is 1. The van der Waals surface area contributed by atoms with E-state index in [1.165, 1.54) is 0 Å². The first-order chi connectivity index (χ1) is 13.7. The molecule has 2 rings (SSSR count). The highest BCUT2D eigenvalue weighted by atomic mass is 16.7. The molecular formula is C23H32N2O4. The second-order valence-electron chi connectivity index (χ2n) is 8.11. The Morgan fingerprint density at radius 3 is 2.41 bits per heavy atom. The Morgan fingerprint density at radius 1 is 1.03 bits per heavy atom. The van der Waals surface area contributed by atoms with Gasteiger partial charge in [-0.1, -0.05) is 39.0 Å². The molecule has 0 saturated heterocycles. The van der Waals surface area contributed by atoms with E-state index in [0.29, 0.717) is 29.4 Å². The molecule has 6 heteroatoms. The van der Waals surface area contributed by atoms with Crippen molar-refractivity contribution in [3.8, 4) is 11.5 Å². The molecule has 0 aromatic heterocycles. The number of carbonyl (C=O) groups excluding carboxylic acids is 1. The Hall–Kier alpha value is -2.57. The highest BCUT2D eigenvalue weighted by Gasteiger charge is 2.19. The number of anilines is 1. The summed E-state index contributed by atoms with van der Waals surface area (Å²) >= 11 is 0. The molecule has 158 valence electrons. The summed E-state index contributed by atoms with van der Waals surface area (Å²) in [5.74, 6) is 0.858. The summed E-state index contributed by atoms with van der Waals surface area (Å²) in [5.41, 5.74) is 2.10. The van der Waals surface area contributed by atoms with Crippen molar-refractivity contribution in [3.63, 3.8) is 0 Å². The number of rotatable bonds is 9. The zero-order valence-corrected chi connectivity index (χ0v) is 18.2. The van der Waals surface area contributed by atoms with Crippen LogP contribution >= 0.6 is 0 Å². The summed E-state index contributed by atoms with van der Waals surface area (Å²) in [5, 5.41) is 2.98. The van der Waals surface area contributed by atoms with Gasteiger partial charge in [0.2, 0.25) is 0 Å². The van der Waals surface area contributed by atoms with Crippen molar-refractivity contribution in [2.24, 2.45) is 0 Å². The number of nitrogens with one attached hydrogen (secondary N) is 1.